The number of carbonyl (C=O) groups excluding carboxylic acids is 1. The van der Waals surface area contributed by atoms with E-state index in [1.807, 2.05) is 33.9 Å². The molecule has 0 saturated heterocycles. The Labute approximate surface area is 146 Å². The summed E-state index contributed by atoms with van der Waals surface area (Å²) in [5.41, 5.74) is 1.47. The molecule has 22 heavy (non-hydrogen) atoms. The monoisotopic (exact) mass is 429 g/mol. The van der Waals surface area contributed by atoms with Crippen LogP contribution in [0.4, 0.5) is 0 Å². The molecule has 0 aliphatic heterocycles. The van der Waals surface area contributed by atoms with E-state index in [1.165, 1.54) is 0 Å². The molecule has 0 amide bonds. The topological polar surface area (TPSA) is 48.3 Å². The summed E-state index contributed by atoms with van der Waals surface area (Å²) >= 11 is 8.19. The van der Waals surface area contributed by atoms with Crippen LogP contribution in [0.15, 0.2) is 23.1 Å². The highest BCUT2D eigenvalue weighted by molar-refractivity contribution is 14.1. The summed E-state index contributed by atoms with van der Waals surface area (Å²) in [6, 6.07) is 3.72. The lowest BCUT2D eigenvalue weighted by Gasteiger charge is -2.15. The number of fused-ring (bicyclic) bond motifs is 1. The summed E-state index contributed by atoms with van der Waals surface area (Å²) in [7, 11) is 0. The SMILES string of the molecule is CB(I)OC(=O)c1cn(C2CC2)c2c(C)c(Cl)ccc2c1=O. The Balaban J connectivity index is 2.29. The zero-order valence-corrected chi connectivity index (χ0v) is 15.1. The van der Waals surface area contributed by atoms with Gasteiger partial charge in [-0.1, -0.05) is 34.0 Å². The molecule has 0 bridgehead atoms. The van der Waals surface area contributed by atoms with Gasteiger partial charge in [0.25, 0.3) is 0 Å². The summed E-state index contributed by atoms with van der Waals surface area (Å²) in [5.74, 6) is -0.573. The van der Waals surface area contributed by atoms with Crippen molar-refractivity contribution in [1.82, 2.24) is 4.57 Å². The lowest BCUT2D eigenvalue weighted by molar-refractivity contribution is 0.0739. The average molecular weight is 429 g/mol. The maximum atomic E-state index is 12.7. The van der Waals surface area contributed by atoms with Crippen molar-refractivity contribution in [1.29, 1.82) is 0 Å². The fourth-order valence-corrected chi connectivity index (χ4v) is 2.98. The largest absolute Gasteiger partial charge is 0.522 e. The van der Waals surface area contributed by atoms with Crippen molar-refractivity contribution in [2.45, 2.75) is 32.6 Å². The fraction of sp³-hybridized carbons (Fsp3) is 0.333. The van der Waals surface area contributed by atoms with E-state index in [4.69, 9.17) is 16.3 Å². The van der Waals surface area contributed by atoms with Crippen LogP contribution in [-0.2, 0) is 4.65 Å². The number of halogens is 2. The van der Waals surface area contributed by atoms with Gasteiger partial charge in [0.1, 0.15) is 5.56 Å². The van der Waals surface area contributed by atoms with E-state index in [0.29, 0.717) is 16.5 Å². The lowest BCUT2D eigenvalue weighted by Crippen LogP contribution is -2.23. The number of rotatable bonds is 3. The van der Waals surface area contributed by atoms with Crippen LogP contribution in [0, 0.1) is 6.92 Å². The molecule has 1 fully saturated rings. The predicted molar refractivity (Wildman–Crippen MR) is 97.3 cm³/mol. The van der Waals surface area contributed by atoms with E-state index in [1.54, 1.807) is 25.2 Å². The molecule has 1 aromatic carbocycles. The normalized spacial score (nSPS) is 14.2. The molecule has 0 atom stereocenters. The molecule has 1 aromatic heterocycles. The van der Waals surface area contributed by atoms with Gasteiger partial charge in [-0.05, 0) is 44.3 Å². The highest BCUT2D eigenvalue weighted by atomic mass is 127. The minimum absolute atomic E-state index is 0.0876. The zero-order chi connectivity index (χ0) is 16.0. The quantitative estimate of drug-likeness (QED) is 0.547. The average Bonchev–Trinajstić information content (AvgIpc) is 3.27. The fourth-order valence-electron chi connectivity index (χ4n) is 2.60. The number of aromatic nitrogens is 1. The van der Waals surface area contributed by atoms with Crippen molar-refractivity contribution in [3.8, 4) is 0 Å². The smallest absolute Gasteiger partial charge is 0.429 e. The molecule has 0 unspecified atom stereocenters. The van der Waals surface area contributed by atoms with E-state index in [9.17, 15) is 9.59 Å². The van der Waals surface area contributed by atoms with Crippen LogP contribution >= 0.6 is 34.0 Å². The number of pyridine rings is 1. The van der Waals surface area contributed by atoms with Crippen LogP contribution in [0.3, 0.4) is 0 Å². The van der Waals surface area contributed by atoms with Crippen LogP contribution in [-0.4, -0.2) is 15.3 Å². The summed E-state index contributed by atoms with van der Waals surface area (Å²) in [4.78, 5) is 24.9. The highest BCUT2D eigenvalue weighted by Gasteiger charge is 2.28. The second-order valence-corrected chi connectivity index (χ2v) is 7.69. The first-order valence-electron chi connectivity index (χ1n) is 7.09. The van der Waals surface area contributed by atoms with Gasteiger partial charge in [0.15, 0.2) is 0 Å². The van der Waals surface area contributed by atoms with Gasteiger partial charge in [-0.15, -0.1) is 0 Å². The van der Waals surface area contributed by atoms with Gasteiger partial charge in [-0.25, -0.2) is 4.79 Å². The molecular formula is C15H14BClINO3. The Kier molecular flexibility index (Phi) is 4.24. The number of benzene rings is 1. The molecule has 2 aromatic rings. The van der Waals surface area contributed by atoms with Crippen molar-refractivity contribution in [2.75, 3.05) is 0 Å². The molecule has 0 N–H and O–H groups in total. The van der Waals surface area contributed by atoms with Gasteiger partial charge >= 0.3 is 10.7 Å². The molecule has 0 radical (unpaired) electrons. The molecule has 7 heteroatoms. The van der Waals surface area contributed by atoms with E-state index in [-0.39, 0.29) is 15.8 Å². The van der Waals surface area contributed by atoms with Gasteiger partial charge in [-0.3, -0.25) is 4.79 Å². The number of carbonyl (C=O) groups is 1. The third kappa shape index (κ3) is 2.78. The molecule has 0 spiro atoms. The molecule has 1 aliphatic carbocycles. The maximum Gasteiger partial charge on any atom is 0.429 e. The van der Waals surface area contributed by atoms with E-state index in [2.05, 4.69) is 0 Å². The Bertz CT molecular complexity index is 830. The van der Waals surface area contributed by atoms with Crippen molar-refractivity contribution >= 4 is 55.6 Å². The maximum absolute atomic E-state index is 12.7. The summed E-state index contributed by atoms with van der Waals surface area (Å²) < 4.78 is 6.90. The third-order valence-electron chi connectivity index (χ3n) is 3.81. The Morgan fingerprint density at radius 1 is 1.45 bits per heavy atom. The predicted octanol–water partition coefficient (Wildman–Crippen LogP) is 4.01. The molecule has 4 nitrogen and oxygen atoms in total. The number of aryl methyl sites for hydroxylation is 1. The molecule has 1 heterocycles. The Morgan fingerprint density at radius 2 is 2.14 bits per heavy atom. The second-order valence-electron chi connectivity index (χ2n) is 5.53. The van der Waals surface area contributed by atoms with Gasteiger partial charge in [0, 0.05) is 22.6 Å². The molecule has 1 saturated carbocycles. The minimum atomic E-state index is -0.573. The summed E-state index contributed by atoms with van der Waals surface area (Å²) in [6.07, 6.45) is 3.72. The van der Waals surface area contributed by atoms with E-state index in [0.717, 1.165) is 23.9 Å². The number of nitrogens with zero attached hydrogens (tertiary/aromatic N) is 1. The van der Waals surface area contributed by atoms with Crippen molar-refractivity contribution < 1.29 is 9.45 Å². The van der Waals surface area contributed by atoms with Gasteiger partial charge in [-0.2, -0.15) is 0 Å². The Morgan fingerprint density at radius 3 is 2.73 bits per heavy atom. The summed E-state index contributed by atoms with van der Waals surface area (Å²) in [5, 5.41) is 1.14. The lowest BCUT2D eigenvalue weighted by atomic mass is 10.1. The standard InChI is InChI=1S/C15H14BClINO3/c1-8-12(17)6-5-10-13(8)19(9-3-4-9)7-11(14(10)20)15(21)22-16(2)18/h5-7,9H,3-4H2,1-2H3. The minimum Gasteiger partial charge on any atom is -0.522 e. The Hall–Kier alpha value is -1.02. The van der Waals surface area contributed by atoms with Gasteiger partial charge < -0.3 is 9.22 Å². The first-order valence-corrected chi connectivity index (χ1v) is 8.71. The molecule has 1 aliphatic rings. The number of hydrogen-bond acceptors (Lipinski definition) is 3. The third-order valence-corrected chi connectivity index (χ3v) is 4.47. The highest BCUT2D eigenvalue weighted by Crippen LogP contribution is 2.38. The van der Waals surface area contributed by atoms with Crippen LogP contribution in [0.1, 0.15) is 34.8 Å². The number of hydrogen-bond donors (Lipinski definition) is 0. The van der Waals surface area contributed by atoms with Crippen molar-refractivity contribution in [3.63, 3.8) is 0 Å². The van der Waals surface area contributed by atoms with Crippen LogP contribution < -0.4 is 5.43 Å². The first kappa shape index (κ1) is 15.9. The van der Waals surface area contributed by atoms with Crippen LogP contribution in [0.5, 0.6) is 0 Å². The molecular weight excluding hydrogens is 415 g/mol. The zero-order valence-electron chi connectivity index (χ0n) is 12.2. The first-order chi connectivity index (χ1) is 10.4. The van der Waals surface area contributed by atoms with Crippen LogP contribution in [0.25, 0.3) is 10.9 Å². The molecule has 3 rings (SSSR count). The van der Waals surface area contributed by atoms with E-state index < -0.39 is 5.97 Å². The van der Waals surface area contributed by atoms with Crippen molar-refractivity contribution in [2.24, 2.45) is 0 Å². The molecule has 114 valence electrons. The van der Waals surface area contributed by atoms with E-state index >= 15 is 0 Å². The van der Waals surface area contributed by atoms with Gasteiger partial charge in [0.05, 0.1) is 5.52 Å². The van der Waals surface area contributed by atoms with Crippen LogP contribution in [0.2, 0.25) is 11.8 Å². The van der Waals surface area contributed by atoms with Crippen molar-refractivity contribution in [3.05, 3.63) is 44.7 Å². The van der Waals surface area contributed by atoms with Gasteiger partial charge in [0.2, 0.25) is 5.43 Å². The second kappa shape index (κ2) is 5.89. The summed E-state index contributed by atoms with van der Waals surface area (Å²) in [6.45, 7) is 3.65.